The van der Waals surface area contributed by atoms with Gasteiger partial charge in [0.1, 0.15) is 11.1 Å². The third-order valence-corrected chi connectivity index (χ3v) is 3.72. The maximum Gasteiger partial charge on any atom is 0.342 e. The zero-order chi connectivity index (χ0) is 17.0. The Labute approximate surface area is 136 Å². The van der Waals surface area contributed by atoms with Crippen LogP contribution in [-0.4, -0.2) is 34.1 Å². The third kappa shape index (κ3) is 3.57. The van der Waals surface area contributed by atoms with Crippen molar-refractivity contribution in [2.75, 3.05) is 18.5 Å². The number of hydrogen-bond acceptors (Lipinski definition) is 6. The van der Waals surface area contributed by atoms with Gasteiger partial charge in [-0.15, -0.1) is 0 Å². The lowest BCUT2D eigenvalue weighted by atomic mass is 10.1. The molecule has 23 heavy (non-hydrogen) atoms. The van der Waals surface area contributed by atoms with E-state index in [1.165, 1.54) is 0 Å². The summed E-state index contributed by atoms with van der Waals surface area (Å²) in [4.78, 5) is 25.9. The Kier molecular flexibility index (Phi) is 5.47. The van der Waals surface area contributed by atoms with E-state index in [9.17, 15) is 4.79 Å². The van der Waals surface area contributed by atoms with Crippen LogP contribution in [0.1, 0.15) is 54.1 Å². The molecule has 0 fully saturated rings. The highest BCUT2D eigenvalue weighted by Gasteiger charge is 2.22. The Bertz CT molecular complexity index is 728. The highest BCUT2D eigenvalue weighted by atomic mass is 16.5. The molecule has 0 aliphatic rings. The highest BCUT2D eigenvalue weighted by molar-refractivity contribution is 6.04. The number of fused-ring (bicyclic) bond motifs is 1. The minimum atomic E-state index is -0.376. The molecule has 0 bridgehead atoms. The topological polar surface area (TPSA) is 77.0 Å². The molecule has 2 aromatic heterocycles. The lowest BCUT2D eigenvalue weighted by Crippen LogP contribution is -2.15. The molecule has 2 heterocycles. The van der Waals surface area contributed by atoms with Crippen molar-refractivity contribution >= 4 is 22.8 Å². The first-order valence-electron chi connectivity index (χ1n) is 8.06. The molecule has 124 valence electrons. The van der Waals surface area contributed by atoms with Crippen LogP contribution in [0.25, 0.3) is 11.2 Å². The molecular weight excluding hydrogens is 292 g/mol. The minimum Gasteiger partial charge on any atom is -0.462 e. The van der Waals surface area contributed by atoms with Gasteiger partial charge in [0, 0.05) is 6.54 Å². The van der Waals surface area contributed by atoms with E-state index < -0.39 is 0 Å². The number of anilines is 1. The summed E-state index contributed by atoms with van der Waals surface area (Å²) in [5, 5.41) is 3.34. The van der Waals surface area contributed by atoms with Crippen molar-refractivity contribution in [1.29, 1.82) is 0 Å². The molecule has 6 nitrogen and oxygen atoms in total. The summed E-state index contributed by atoms with van der Waals surface area (Å²) in [6.07, 6.45) is 2.07. The van der Waals surface area contributed by atoms with Gasteiger partial charge in [-0.1, -0.05) is 13.3 Å². The smallest absolute Gasteiger partial charge is 0.342 e. The number of esters is 1. The zero-order valence-corrected chi connectivity index (χ0v) is 14.5. The molecule has 0 saturated heterocycles. The molecule has 0 amide bonds. The van der Waals surface area contributed by atoms with Gasteiger partial charge in [-0.05, 0) is 34.1 Å². The summed E-state index contributed by atoms with van der Waals surface area (Å²) in [5.41, 5.74) is 4.58. The second-order valence-corrected chi connectivity index (χ2v) is 5.51. The number of nitrogens with one attached hydrogen (secondary N) is 1. The quantitative estimate of drug-likeness (QED) is 0.650. The lowest BCUT2D eigenvalue weighted by Gasteiger charge is -2.16. The van der Waals surface area contributed by atoms with E-state index in [0.717, 1.165) is 30.8 Å². The van der Waals surface area contributed by atoms with E-state index in [4.69, 9.17) is 4.74 Å². The number of hydrogen-bond donors (Lipinski definition) is 1. The monoisotopic (exact) mass is 316 g/mol. The highest BCUT2D eigenvalue weighted by Crippen LogP contribution is 2.28. The van der Waals surface area contributed by atoms with Gasteiger partial charge in [0.2, 0.25) is 0 Å². The maximum atomic E-state index is 12.4. The Morgan fingerprint density at radius 1 is 1.04 bits per heavy atom. The van der Waals surface area contributed by atoms with E-state index in [2.05, 4.69) is 27.2 Å². The predicted molar refractivity (Wildman–Crippen MR) is 90.9 cm³/mol. The van der Waals surface area contributed by atoms with Crippen molar-refractivity contribution in [3.63, 3.8) is 0 Å². The number of unbranched alkanes of at least 4 members (excludes halogenated alkanes) is 1. The summed E-state index contributed by atoms with van der Waals surface area (Å²) in [5.74, 6) is -0.376. The zero-order valence-electron chi connectivity index (χ0n) is 14.5. The van der Waals surface area contributed by atoms with Crippen molar-refractivity contribution in [3.8, 4) is 0 Å². The average molecular weight is 316 g/mol. The fourth-order valence-electron chi connectivity index (χ4n) is 2.37. The number of aryl methyl sites for hydroxylation is 3. The first kappa shape index (κ1) is 17.1. The molecule has 0 aromatic carbocycles. The second kappa shape index (κ2) is 7.35. The average Bonchev–Trinajstić information content (AvgIpc) is 2.49. The van der Waals surface area contributed by atoms with E-state index >= 15 is 0 Å². The summed E-state index contributed by atoms with van der Waals surface area (Å²) >= 11 is 0. The van der Waals surface area contributed by atoms with E-state index in [0.29, 0.717) is 34.7 Å². The normalized spacial score (nSPS) is 10.8. The number of rotatable bonds is 6. The molecular formula is C17H24N4O2. The van der Waals surface area contributed by atoms with Crippen molar-refractivity contribution < 1.29 is 9.53 Å². The Hall–Kier alpha value is -2.24. The second-order valence-electron chi connectivity index (χ2n) is 5.51. The van der Waals surface area contributed by atoms with Crippen molar-refractivity contribution in [1.82, 2.24) is 15.0 Å². The van der Waals surface area contributed by atoms with Crippen LogP contribution in [0.15, 0.2) is 0 Å². The fourth-order valence-corrected chi connectivity index (χ4v) is 2.37. The molecule has 0 aliphatic carbocycles. The Balaban J connectivity index is 2.66. The third-order valence-electron chi connectivity index (χ3n) is 3.72. The molecule has 0 aliphatic heterocycles. The standard InChI is InChI=1S/C17H24N4O2/c1-6-8-9-18-14-13(17(22)23-7-2)12(5)21-16-15(14)19-10(3)11(4)20-16/h6-9H2,1-5H3,(H,18,20,21). The van der Waals surface area contributed by atoms with Gasteiger partial charge in [0.25, 0.3) is 0 Å². The maximum absolute atomic E-state index is 12.4. The summed E-state index contributed by atoms with van der Waals surface area (Å²) in [7, 11) is 0. The minimum absolute atomic E-state index is 0.323. The van der Waals surface area contributed by atoms with Crippen LogP contribution in [0.5, 0.6) is 0 Å². The molecule has 0 radical (unpaired) electrons. The lowest BCUT2D eigenvalue weighted by molar-refractivity contribution is 0.0526. The van der Waals surface area contributed by atoms with Gasteiger partial charge in [-0.25, -0.2) is 19.7 Å². The van der Waals surface area contributed by atoms with Crippen LogP contribution in [0.4, 0.5) is 5.69 Å². The number of ether oxygens (including phenoxy) is 1. The molecule has 0 saturated carbocycles. The number of nitrogens with zero attached hydrogens (tertiary/aromatic N) is 3. The van der Waals surface area contributed by atoms with Crippen LogP contribution in [0.3, 0.4) is 0 Å². The molecule has 0 spiro atoms. The van der Waals surface area contributed by atoms with Crippen LogP contribution in [0.2, 0.25) is 0 Å². The van der Waals surface area contributed by atoms with E-state index in [-0.39, 0.29) is 5.97 Å². The van der Waals surface area contributed by atoms with Crippen LogP contribution in [0, 0.1) is 20.8 Å². The van der Waals surface area contributed by atoms with Gasteiger partial charge in [-0.2, -0.15) is 0 Å². The van der Waals surface area contributed by atoms with Gasteiger partial charge in [-0.3, -0.25) is 0 Å². The Morgan fingerprint density at radius 3 is 2.35 bits per heavy atom. The van der Waals surface area contributed by atoms with Gasteiger partial charge in [0.05, 0.1) is 29.4 Å². The number of pyridine rings is 1. The number of aromatic nitrogens is 3. The van der Waals surface area contributed by atoms with E-state index in [1.54, 1.807) is 13.8 Å². The Morgan fingerprint density at radius 2 is 1.70 bits per heavy atom. The summed E-state index contributed by atoms with van der Waals surface area (Å²) < 4.78 is 5.19. The van der Waals surface area contributed by atoms with Gasteiger partial charge in [0.15, 0.2) is 5.65 Å². The van der Waals surface area contributed by atoms with Crippen molar-refractivity contribution in [3.05, 3.63) is 22.6 Å². The summed E-state index contributed by atoms with van der Waals surface area (Å²) in [6, 6.07) is 0. The SMILES string of the molecule is CCCCNc1c(C(=O)OCC)c(C)nc2nc(C)c(C)nc12. The molecule has 2 aromatic rings. The van der Waals surface area contributed by atoms with Crippen LogP contribution < -0.4 is 5.32 Å². The van der Waals surface area contributed by atoms with Crippen LogP contribution in [-0.2, 0) is 4.74 Å². The molecule has 0 unspecified atom stereocenters. The van der Waals surface area contributed by atoms with Gasteiger partial charge >= 0.3 is 5.97 Å². The molecule has 2 rings (SSSR count). The first-order chi connectivity index (χ1) is 11.0. The molecule has 6 heteroatoms. The van der Waals surface area contributed by atoms with Crippen molar-refractivity contribution in [2.45, 2.75) is 47.5 Å². The van der Waals surface area contributed by atoms with Gasteiger partial charge < -0.3 is 10.1 Å². The van der Waals surface area contributed by atoms with E-state index in [1.807, 2.05) is 13.8 Å². The number of carbonyl (C=O) groups is 1. The van der Waals surface area contributed by atoms with Crippen molar-refractivity contribution in [2.24, 2.45) is 0 Å². The molecule has 0 atom stereocenters. The molecule has 1 N–H and O–H groups in total. The fraction of sp³-hybridized carbons (Fsp3) is 0.529. The number of carbonyl (C=O) groups excluding carboxylic acids is 1. The first-order valence-corrected chi connectivity index (χ1v) is 8.06. The summed E-state index contributed by atoms with van der Waals surface area (Å²) in [6.45, 7) is 10.6. The largest absolute Gasteiger partial charge is 0.462 e. The van der Waals surface area contributed by atoms with Crippen LogP contribution >= 0.6 is 0 Å². The predicted octanol–water partition coefficient (Wildman–Crippen LogP) is 3.34.